The maximum atomic E-state index is 12.9. The maximum absolute atomic E-state index is 12.9. The molecule has 0 spiro atoms. The highest BCUT2D eigenvalue weighted by molar-refractivity contribution is 5.93. The van der Waals surface area contributed by atoms with Crippen molar-refractivity contribution >= 4 is 28.6 Å². The third kappa shape index (κ3) is 5.13. The number of nitrogens with one attached hydrogen (secondary N) is 1. The summed E-state index contributed by atoms with van der Waals surface area (Å²) in [7, 11) is 1.61. The van der Waals surface area contributed by atoms with Crippen molar-refractivity contribution in [3.63, 3.8) is 0 Å². The fourth-order valence-corrected chi connectivity index (χ4v) is 4.30. The first-order valence-electron chi connectivity index (χ1n) is 11.3. The Morgan fingerprint density at radius 2 is 1.70 bits per heavy atom. The molecule has 0 saturated carbocycles. The molecule has 3 aromatic rings. The summed E-state index contributed by atoms with van der Waals surface area (Å²) in [6, 6.07) is 15.4. The SMILES string of the molecule is COc1ccc(NC(=O)Cn2c3c(c4ccccc42)CCN(C(=O)OC(C)(C)C)CC3)cc1. The number of benzene rings is 2. The van der Waals surface area contributed by atoms with Crippen LogP contribution in [-0.2, 0) is 28.9 Å². The van der Waals surface area contributed by atoms with Crippen LogP contribution in [-0.4, -0.2) is 47.3 Å². The minimum atomic E-state index is -0.530. The highest BCUT2D eigenvalue weighted by Gasteiger charge is 2.27. The lowest BCUT2D eigenvalue weighted by molar-refractivity contribution is -0.116. The third-order valence-corrected chi connectivity index (χ3v) is 5.77. The number of para-hydroxylation sites is 1. The van der Waals surface area contributed by atoms with Gasteiger partial charge in [-0.05, 0) is 63.1 Å². The van der Waals surface area contributed by atoms with Crippen molar-refractivity contribution in [2.24, 2.45) is 0 Å². The van der Waals surface area contributed by atoms with Crippen LogP contribution >= 0.6 is 0 Å². The predicted octanol–water partition coefficient (Wildman–Crippen LogP) is 4.62. The van der Waals surface area contributed by atoms with Crippen LogP contribution in [0.4, 0.5) is 10.5 Å². The summed E-state index contributed by atoms with van der Waals surface area (Å²) in [5.74, 6) is 0.640. The summed E-state index contributed by atoms with van der Waals surface area (Å²) in [4.78, 5) is 27.3. The van der Waals surface area contributed by atoms with Gasteiger partial charge in [-0.25, -0.2) is 4.79 Å². The molecule has 0 unspecified atom stereocenters. The number of hydrogen-bond donors (Lipinski definition) is 1. The summed E-state index contributed by atoms with van der Waals surface area (Å²) in [5.41, 5.74) is 3.54. The molecule has 0 radical (unpaired) electrons. The number of fused-ring (bicyclic) bond motifs is 3. The number of ether oxygens (including phenoxy) is 2. The van der Waals surface area contributed by atoms with E-state index in [2.05, 4.69) is 22.0 Å². The van der Waals surface area contributed by atoms with Gasteiger partial charge in [-0.3, -0.25) is 4.79 Å². The smallest absolute Gasteiger partial charge is 0.410 e. The lowest BCUT2D eigenvalue weighted by Crippen LogP contribution is -2.38. The number of amides is 2. The summed E-state index contributed by atoms with van der Waals surface area (Å²) in [6.45, 7) is 6.97. The standard InChI is InChI=1S/C26H31N3O4/c1-26(2,3)33-25(31)28-15-13-21-20-7-5-6-8-22(20)29(23(21)14-16-28)17-24(30)27-18-9-11-19(32-4)12-10-18/h5-12H,13-17H2,1-4H3,(H,27,30). The van der Waals surface area contributed by atoms with Crippen LogP contribution < -0.4 is 10.1 Å². The first kappa shape index (κ1) is 22.7. The minimum Gasteiger partial charge on any atom is -0.497 e. The van der Waals surface area contributed by atoms with Crippen molar-refractivity contribution in [1.29, 1.82) is 0 Å². The summed E-state index contributed by atoms with van der Waals surface area (Å²) < 4.78 is 12.8. The van der Waals surface area contributed by atoms with Gasteiger partial charge in [0.2, 0.25) is 5.91 Å². The quantitative estimate of drug-likeness (QED) is 0.631. The molecule has 33 heavy (non-hydrogen) atoms. The van der Waals surface area contributed by atoms with E-state index in [-0.39, 0.29) is 18.5 Å². The van der Waals surface area contributed by atoms with E-state index in [0.717, 1.165) is 34.5 Å². The Kier molecular flexibility index (Phi) is 6.31. The Balaban J connectivity index is 1.56. The molecule has 174 valence electrons. The predicted molar refractivity (Wildman–Crippen MR) is 129 cm³/mol. The molecule has 1 aliphatic heterocycles. The molecule has 0 fully saturated rings. The summed E-state index contributed by atoms with van der Waals surface area (Å²) in [6.07, 6.45) is 1.10. The van der Waals surface area contributed by atoms with E-state index in [1.165, 1.54) is 5.56 Å². The normalized spacial score (nSPS) is 13.9. The fraction of sp³-hybridized carbons (Fsp3) is 0.385. The molecule has 7 heteroatoms. The second-order valence-corrected chi connectivity index (χ2v) is 9.27. The van der Waals surface area contributed by atoms with E-state index in [0.29, 0.717) is 19.5 Å². The molecule has 2 heterocycles. The van der Waals surface area contributed by atoms with E-state index in [4.69, 9.17) is 9.47 Å². The van der Waals surface area contributed by atoms with Crippen molar-refractivity contribution in [3.8, 4) is 5.75 Å². The first-order valence-corrected chi connectivity index (χ1v) is 11.3. The molecule has 0 saturated heterocycles. The first-order chi connectivity index (χ1) is 15.7. The van der Waals surface area contributed by atoms with Crippen LogP contribution in [0, 0.1) is 0 Å². The molecule has 7 nitrogen and oxygen atoms in total. The number of hydrogen-bond acceptors (Lipinski definition) is 4. The van der Waals surface area contributed by atoms with Crippen molar-refractivity contribution in [1.82, 2.24) is 9.47 Å². The van der Waals surface area contributed by atoms with Crippen molar-refractivity contribution in [2.45, 2.75) is 45.8 Å². The number of methoxy groups -OCH3 is 1. The lowest BCUT2D eigenvalue weighted by Gasteiger charge is -2.26. The number of carbonyl (C=O) groups excluding carboxylic acids is 2. The van der Waals surface area contributed by atoms with E-state index < -0.39 is 5.60 Å². The number of nitrogens with zero attached hydrogens (tertiary/aromatic N) is 2. The average Bonchev–Trinajstić information content (AvgIpc) is 2.91. The number of aromatic nitrogens is 1. The fourth-order valence-electron chi connectivity index (χ4n) is 4.30. The molecular formula is C26H31N3O4. The van der Waals surface area contributed by atoms with Crippen LogP contribution in [0.15, 0.2) is 48.5 Å². The molecule has 4 rings (SSSR count). The van der Waals surface area contributed by atoms with Crippen LogP contribution in [0.5, 0.6) is 5.75 Å². The maximum Gasteiger partial charge on any atom is 0.410 e. The Morgan fingerprint density at radius 1 is 1.00 bits per heavy atom. The molecule has 1 aliphatic rings. The summed E-state index contributed by atoms with van der Waals surface area (Å²) in [5, 5.41) is 4.11. The van der Waals surface area contributed by atoms with E-state index in [1.54, 1.807) is 12.0 Å². The topological polar surface area (TPSA) is 72.8 Å². The Bertz CT molecular complexity index is 1160. The molecule has 0 bridgehead atoms. The van der Waals surface area contributed by atoms with Crippen molar-refractivity contribution in [2.75, 3.05) is 25.5 Å². The highest BCUT2D eigenvalue weighted by Crippen LogP contribution is 2.30. The molecule has 2 aromatic carbocycles. The van der Waals surface area contributed by atoms with Crippen molar-refractivity contribution in [3.05, 3.63) is 59.8 Å². The molecule has 2 amide bonds. The second kappa shape index (κ2) is 9.17. The van der Waals surface area contributed by atoms with Crippen LogP contribution in [0.1, 0.15) is 32.0 Å². The van der Waals surface area contributed by atoms with Gasteiger partial charge in [-0.1, -0.05) is 18.2 Å². The molecule has 1 N–H and O–H groups in total. The number of carbonyl (C=O) groups is 2. The van der Waals surface area contributed by atoms with Gasteiger partial charge in [0.15, 0.2) is 0 Å². The molecule has 1 aromatic heterocycles. The zero-order valence-corrected chi connectivity index (χ0v) is 19.7. The van der Waals surface area contributed by atoms with Gasteiger partial charge in [-0.2, -0.15) is 0 Å². The van der Waals surface area contributed by atoms with Gasteiger partial charge in [-0.15, -0.1) is 0 Å². The Labute approximate surface area is 194 Å². The number of anilines is 1. The van der Waals surface area contributed by atoms with E-state index in [9.17, 15) is 9.59 Å². The molecule has 0 aliphatic carbocycles. The Hall–Kier alpha value is -3.48. The highest BCUT2D eigenvalue weighted by atomic mass is 16.6. The zero-order chi connectivity index (χ0) is 23.6. The van der Waals surface area contributed by atoms with E-state index >= 15 is 0 Å². The van der Waals surface area contributed by atoms with Gasteiger partial charge in [0.1, 0.15) is 17.9 Å². The van der Waals surface area contributed by atoms with E-state index in [1.807, 2.05) is 57.2 Å². The van der Waals surface area contributed by atoms with Gasteiger partial charge in [0.05, 0.1) is 7.11 Å². The van der Waals surface area contributed by atoms with Gasteiger partial charge >= 0.3 is 6.09 Å². The summed E-state index contributed by atoms with van der Waals surface area (Å²) >= 11 is 0. The van der Waals surface area contributed by atoms with Crippen LogP contribution in [0.2, 0.25) is 0 Å². The van der Waals surface area contributed by atoms with Gasteiger partial charge in [0, 0.05) is 41.8 Å². The molecule has 0 atom stereocenters. The zero-order valence-electron chi connectivity index (χ0n) is 19.7. The number of rotatable bonds is 4. The second-order valence-electron chi connectivity index (χ2n) is 9.27. The lowest BCUT2D eigenvalue weighted by atomic mass is 10.1. The largest absolute Gasteiger partial charge is 0.497 e. The van der Waals surface area contributed by atoms with Gasteiger partial charge < -0.3 is 24.3 Å². The van der Waals surface area contributed by atoms with Crippen LogP contribution in [0.3, 0.4) is 0 Å². The monoisotopic (exact) mass is 449 g/mol. The van der Waals surface area contributed by atoms with Crippen molar-refractivity contribution < 1.29 is 19.1 Å². The third-order valence-electron chi connectivity index (χ3n) is 5.77. The Morgan fingerprint density at radius 3 is 2.39 bits per heavy atom. The average molecular weight is 450 g/mol. The van der Waals surface area contributed by atoms with Gasteiger partial charge in [0.25, 0.3) is 0 Å². The molecular weight excluding hydrogens is 418 g/mol. The van der Waals surface area contributed by atoms with Crippen LogP contribution in [0.25, 0.3) is 10.9 Å². The minimum absolute atomic E-state index is 0.100.